The molecule has 0 aromatic heterocycles. The van der Waals surface area contributed by atoms with Crippen molar-refractivity contribution in [3.05, 3.63) is 41.2 Å². The third kappa shape index (κ3) is 3.88. The minimum atomic E-state index is -1.05. The molecule has 0 saturated carbocycles. The summed E-state index contributed by atoms with van der Waals surface area (Å²) < 4.78 is 13.9. The molecule has 5 heteroatoms. The molecule has 0 spiro atoms. The molecule has 1 fully saturated rings. The number of benzene rings is 1. The van der Waals surface area contributed by atoms with Gasteiger partial charge in [0, 0.05) is 31.3 Å². The number of carboxylic acids is 1. The largest absolute Gasteiger partial charge is 0.478 e. The van der Waals surface area contributed by atoms with Gasteiger partial charge in [0.15, 0.2) is 0 Å². The Balaban J connectivity index is 2.01. The van der Waals surface area contributed by atoms with Crippen molar-refractivity contribution >= 4 is 12.0 Å². The van der Waals surface area contributed by atoms with Gasteiger partial charge in [-0.25, -0.2) is 9.18 Å². The van der Waals surface area contributed by atoms with Crippen LogP contribution in [0.4, 0.5) is 4.39 Å². The maximum absolute atomic E-state index is 13.9. The SMILES string of the molecule is O=C(O)/C=C/c1ccc(CN2CCC(CO)C2)c(F)c1. The Hall–Kier alpha value is -1.72. The number of hydrogen-bond acceptors (Lipinski definition) is 3. The molecule has 0 radical (unpaired) electrons. The predicted molar refractivity (Wildman–Crippen MR) is 73.5 cm³/mol. The number of hydrogen-bond donors (Lipinski definition) is 2. The molecule has 2 N–H and O–H groups in total. The van der Waals surface area contributed by atoms with Crippen molar-refractivity contribution in [3.8, 4) is 0 Å². The Morgan fingerprint density at radius 1 is 1.50 bits per heavy atom. The molecule has 20 heavy (non-hydrogen) atoms. The lowest BCUT2D eigenvalue weighted by molar-refractivity contribution is -0.131. The van der Waals surface area contributed by atoms with E-state index in [-0.39, 0.29) is 18.3 Å². The van der Waals surface area contributed by atoms with Gasteiger partial charge in [0.2, 0.25) is 0 Å². The topological polar surface area (TPSA) is 60.8 Å². The fraction of sp³-hybridized carbons (Fsp3) is 0.400. The third-order valence-corrected chi connectivity index (χ3v) is 3.52. The maximum Gasteiger partial charge on any atom is 0.328 e. The van der Waals surface area contributed by atoms with Crippen molar-refractivity contribution in [2.75, 3.05) is 19.7 Å². The first-order chi connectivity index (χ1) is 9.58. The second-order valence-corrected chi connectivity index (χ2v) is 5.09. The van der Waals surface area contributed by atoms with Crippen LogP contribution in [-0.2, 0) is 11.3 Å². The van der Waals surface area contributed by atoms with Crippen LogP contribution in [0.3, 0.4) is 0 Å². The molecule has 108 valence electrons. The molecule has 1 aromatic rings. The molecule has 4 nitrogen and oxygen atoms in total. The highest BCUT2D eigenvalue weighted by atomic mass is 19.1. The van der Waals surface area contributed by atoms with Crippen LogP contribution in [0, 0.1) is 11.7 Å². The van der Waals surface area contributed by atoms with E-state index in [9.17, 15) is 9.18 Å². The number of carbonyl (C=O) groups is 1. The van der Waals surface area contributed by atoms with Gasteiger partial charge in [-0.3, -0.25) is 4.90 Å². The molecule has 1 unspecified atom stereocenters. The Morgan fingerprint density at radius 3 is 2.90 bits per heavy atom. The van der Waals surface area contributed by atoms with Crippen molar-refractivity contribution < 1.29 is 19.4 Å². The zero-order chi connectivity index (χ0) is 14.5. The second kappa shape index (κ2) is 6.63. The molecule has 1 aliphatic rings. The molecule has 1 aromatic carbocycles. The highest BCUT2D eigenvalue weighted by Gasteiger charge is 2.22. The average molecular weight is 279 g/mol. The normalized spacial score (nSPS) is 19.8. The molecular formula is C15H18FNO3. The van der Waals surface area contributed by atoms with Gasteiger partial charge in [-0.2, -0.15) is 0 Å². The van der Waals surface area contributed by atoms with E-state index in [4.69, 9.17) is 10.2 Å². The van der Waals surface area contributed by atoms with Crippen molar-refractivity contribution in [1.29, 1.82) is 0 Å². The average Bonchev–Trinajstić information content (AvgIpc) is 2.87. The second-order valence-electron chi connectivity index (χ2n) is 5.09. The molecule has 0 aliphatic carbocycles. The lowest BCUT2D eigenvalue weighted by Gasteiger charge is -2.16. The van der Waals surface area contributed by atoms with E-state index in [1.165, 1.54) is 12.1 Å². The number of nitrogens with zero attached hydrogens (tertiary/aromatic N) is 1. The number of rotatable bonds is 5. The van der Waals surface area contributed by atoms with Crippen LogP contribution in [0.5, 0.6) is 0 Å². The standard InChI is InChI=1S/C15H18FNO3/c16-14-7-11(2-4-15(19)20)1-3-13(14)9-17-6-5-12(8-17)10-18/h1-4,7,12,18H,5-6,8-10H2,(H,19,20)/b4-2+. The van der Waals surface area contributed by atoms with E-state index in [1.54, 1.807) is 12.1 Å². The summed E-state index contributed by atoms with van der Waals surface area (Å²) in [7, 11) is 0. The number of halogens is 1. The summed E-state index contributed by atoms with van der Waals surface area (Å²) in [5.74, 6) is -1.09. The van der Waals surface area contributed by atoms with Crippen LogP contribution in [0.2, 0.25) is 0 Å². The summed E-state index contributed by atoms with van der Waals surface area (Å²) in [6.07, 6.45) is 3.30. The lowest BCUT2D eigenvalue weighted by atomic mass is 10.1. The van der Waals surface area contributed by atoms with E-state index in [2.05, 4.69) is 4.90 Å². The quantitative estimate of drug-likeness (QED) is 0.806. The molecule has 0 bridgehead atoms. The van der Waals surface area contributed by atoms with Gasteiger partial charge < -0.3 is 10.2 Å². The van der Waals surface area contributed by atoms with E-state index in [1.807, 2.05) is 0 Å². The van der Waals surface area contributed by atoms with E-state index >= 15 is 0 Å². The van der Waals surface area contributed by atoms with E-state index < -0.39 is 5.97 Å². The van der Waals surface area contributed by atoms with Gasteiger partial charge in [-0.1, -0.05) is 12.1 Å². The Labute approximate surface area is 117 Å². The molecule has 1 atom stereocenters. The number of aliphatic carboxylic acids is 1. The maximum atomic E-state index is 13.9. The molecule has 1 aliphatic heterocycles. The predicted octanol–water partition coefficient (Wildman–Crippen LogP) is 1.74. The lowest BCUT2D eigenvalue weighted by Crippen LogP contribution is -2.21. The molecule has 1 heterocycles. The number of aliphatic hydroxyl groups is 1. The number of likely N-dealkylation sites (tertiary alicyclic amines) is 1. The number of aliphatic hydroxyl groups excluding tert-OH is 1. The molecule has 1 saturated heterocycles. The first-order valence-electron chi connectivity index (χ1n) is 6.61. The number of carboxylic acid groups (broad SMARTS) is 1. The first-order valence-corrected chi connectivity index (χ1v) is 6.61. The van der Waals surface area contributed by atoms with Crippen molar-refractivity contribution in [1.82, 2.24) is 4.90 Å². The van der Waals surface area contributed by atoms with Crippen LogP contribution in [0.15, 0.2) is 24.3 Å². The fourth-order valence-corrected chi connectivity index (χ4v) is 2.41. The van der Waals surface area contributed by atoms with Crippen molar-refractivity contribution in [3.63, 3.8) is 0 Å². The highest BCUT2D eigenvalue weighted by Crippen LogP contribution is 2.20. The Morgan fingerprint density at radius 2 is 2.30 bits per heavy atom. The van der Waals surface area contributed by atoms with Gasteiger partial charge >= 0.3 is 5.97 Å². The van der Waals surface area contributed by atoms with Crippen LogP contribution in [0.25, 0.3) is 6.08 Å². The van der Waals surface area contributed by atoms with Gasteiger partial charge in [0.25, 0.3) is 0 Å². The molecule has 2 rings (SSSR count). The summed E-state index contributed by atoms with van der Waals surface area (Å²) >= 11 is 0. The summed E-state index contributed by atoms with van der Waals surface area (Å²) in [6.45, 7) is 2.35. The zero-order valence-corrected chi connectivity index (χ0v) is 11.1. The van der Waals surface area contributed by atoms with E-state index in [0.29, 0.717) is 17.7 Å². The smallest absolute Gasteiger partial charge is 0.328 e. The summed E-state index contributed by atoms with van der Waals surface area (Å²) in [6, 6.07) is 4.73. The molecular weight excluding hydrogens is 261 g/mol. The van der Waals surface area contributed by atoms with Crippen LogP contribution in [0.1, 0.15) is 17.5 Å². The Kier molecular flexibility index (Phi) is 4.87. The van der Waals surface area contributed by atoms with Gasteiger partial charge in [-0.05, 0) is 36.6 Å². The van der Waals surface area contributed by atoms with Gasteiger partial charge in [0.05, 0.1) is 0 Å². The minimum Gasteiger partial charge on any atom is -0.478 e. The monoisotopic (exact) mass is 279 g/mol. The summed E-state index contributed by atoms with van der Waals surface area (Å²) in [5.41, 5.74) is 1.12. The van der Waals surface area contributed by atoms with Crippen LogP contribution in [-0.4, -0.2) is 40.8 Å². The van der Waals surface area contributed by atoms with Gasteiger partial charge in [0.1, 0.15) is 5.82 Å². The van der Waals surface area contributed by atoms with Gasteiger partial charge in [-0.15, -0.1) is 0 Å². The van der Waals surface area contributed by atoms with Crippen molar-refractivity contribution in [2.24, 2.45) is 5.92 Å². The highest BCUT2D eigenvalue weighted by molar-refractivity contribution is 5.85. The first kappa shape index (κ1) is 14.7. The summed E-state index contributed by atoms with van der Waals surface area (Å²) in [4.78, 5) is 12.5. The van der Waals surface area contributed by atoms with Crippen LogP contribution < -0.4 is 0 Å². The summed E-state index contributed by atoms with van der Waals surface area (Å²) in [5, 5.41) is 17.6. The van der Waals surface area contributed by atoms with E-state index in [0.717, 1.165) is 25.6 Å². The third-order valence-electron chi connectivity index (χ3n) is 3.52. The zero-order valence-electron chi connectivity index (χ0n) is 11.1. The Bertz CT molecular complexity index is 516. The van der Waals surface area contributed by atoms with Crippen molar-refractivity contribution in [2.45, 2.75) is 13.0 Å². The minimum absolute atomic E-state index is 0.178. The molecule has 0 amide bonds. The fourth-order valence-electron chi connectivity index (χ4n) is 2.41. The van der Waals surface area contributed by atoms with Crippen LogP contribution >= 0.6 is 0 Å².